The van der Waals surface area contributed by atoms with E-state index < -0.39 is 0 Å². The lowest BCUT2D eigenvalue weighted by molar-refractivity contribution is -0.121. The molecule has 0 bridgehead atoms. The predicted octanol–water partition coefficient (Wildman–Crippen LogP) is 1.64. The Morgan fingerprint density at radius 1 is 1.39 bits per heavy atom. The Hall–Kier alpha value is -1.11. The van der Waals surface area contributed by atoms with Crippen LogP contribution in [0.25, 0.3) is 0 Å². The van der Waals surface area contributed by atoms with E-state index in [-0.39, 0.29) is 18.4 Å². The molecule has 0 heterocycles. The van der Waals surface area contributed by atoms with E-state index in [2.05, 4.69) is 27.9 Å². The van der Waals surface area contributed by atoms with Gasteiger partial charge in [0, 0.05) is 16.7 Å². The molecule has 1 fully saturated rings. The van der Waals surface area contributed by atoms with Crippen LogP contribution in [0.2, 0.25) is 0 Å². The summed E-state index contributed by atoms with van der Waals surface area (Å²) in [4.78, 5) is 25.2. The first-order valence-electron chi connectivity index (χ1n) is 5.87. The van der Waals surface area contributed by atoms with Crippen molar-refractivity contribution in [3.05, 3.63) is 33.4 Å². The highest BCUT2D eigenvalue weighted by Gasteiger charge is 2.24. The lowest BCUT2D eigenvalue weighted by Crippen LogP contribution is -2.39. The summed E-state index contributed by atoms with van der Waals surface area (Å²) in [5.41, 5.74) is 0.639. The summed E-state index contributed by atoms with van der Waals surface area (Å²) in [5, 5.41) is 2.87. The number of carbonyl (C=O) groups is 2. The summed E-state index contributed by atoms with van der Waals surface area (Å²) in [5.74, 6) is -0.203. The van der Waals surface area contributed by atoms with Gasteiger partial charge in [0.2, 0.25) is 5.91 Å². The maximum Gasteiger partial charge on any atom is 0.255 e. The van der Waals surface area contributed by atoms with E-state index in [0.717, 1.165) is 16.4 Å². The molecule has 2 amide bonds. The third-order valence-electron chi connectivity index (χ3n) is 2.77. The van der Waals surface area contributed by atoms with Crippen molar-refractivity contribution in [3.8, 4) is 0 Å². The number of rotatable bonds is 4. The molecular weight excluding hydrogens is 343 g/mol. The Morgan fingerprint density at radius 2 is 2.06 bits per heavy atom. The van der Waals surface area contributed by atoms with Gasteiger partial charge < -0.3 is 10.2 Å². The summed E-state index contributed by atoms with van der Waals surface area (Å²) in [7, 11) is 1.65. The zero-order valence-electron chi connectivity index (χ0n) is 10.1. The zero-order valence-corrected chi connectivity index (χ0v) is 12.3. The van der Waals surface area contributed by atoms with Crippen LogP contribution >= 0.6 is 22.6 Å². The predicted molar refractivity (Wildman–Crippen MR) is 77.3 cm³/mol. The molecule has 1 aromatic rings. The molecule has 0 radical (unpaired) electrons. The van der Waals surface area contributed by atoms with Gasteiger partial charge in [0.05, 0.1) is 12.1 Å². The standard InChI is InChI=1S/C13H15IN2O2/c1-16(8-12(17)15-9-6-7-9)13(18)10-4-2-3-5-11(10)14/h2-5,9H,6-8H2,1H3,(H,15,17). The normalized spacial score (nSPS) is 14.1. The molecule has 1 aromatic carbocycles. The van der Waals surface area contributed by atoms with Crippen LogP contribution in [0.1, 0.15) is 23.2 Å². The summed E-state index contributed by atoms with van der Waals surface area (Å²) in [6.45, 7) is 0.111. The lowest BCUT2D eigenvalue weighted by atomic mass is 10.2. The van der Waals surface area contributed by atoms with Gasteiger partial charge in [-0.2, -0.15) is 0 Å². The Balaban J connectivity index is 1.95. The van der Waals surface area contributed by atoms with Gasteiger partial charge in [-0.15, -0.1) is 0 Å². The highest BCUT2D eigenvalue weighted by molar-refractivity contribution is 14.1. The van der Waals surface area contributed by atoms with Crippen LogP contribution in [-0.4, -0.2) is 36.3 Å². The average molecular weight is 358 g/mol. The van der Waals surface area contributed by atoms with Crippen LogP contribution in [0.3, 0.4) is 0 Å². The van der Waals surface area contributed by atoms with Gasteiger partial charge >= 0.3 is 0 Å². The van der Waals surface area contributed by atoms with Crippen molar-refractivity contribution in [1.29, 1.82) is 0 Å². The van der Waals surface area contributed by atoms with Crippen LogP contribution in [0.15, 0.2) is 24.3 Å². The van der Waals surface area contributed by atoms with Crippen molar-refractivity contribution in [2.45, 2.75) is 18.9 Å². The molecule has 1 N–H and O–H groups in total. The maximum absolute atomic E-state index is 12.1. The summed E-state index contributed by atoms with van der Waals surface area (Å²) in [6, 6.07) is 7.70. The minimum absolute atomic E-state index is 0.0840. The van der Waals surface area contributed by atoms with E-state index in [1.165, 1.54) is 4.90 Å². The first kappa shape index (κ1) is 13.3. The van der Waals surface area contributed by atoms with Gasteiger partial charge in [0.25, 0.3) is 5.91 Å². The van der Waals surface area contributed by atoms with E-state index in [0.29, 0.717) is 11.6 Å². The number of nitrogens with one attached hydrogen (secondary N) is 1. The first-order valence-corrected chi connectivity index (χ1v) is 6.95. The number of benzene rings is 1. The fraction of sp³-hybridized carbons (Fsp3) is 0.385. The second-order valence-electron chi connectivity index (χ2n) is 4.48. The summed E-state index contributed by atoms with van der Waals surface area (Å²) < 4.78 is 0.898. The smallest absolute Gasteiger partial charge is 0.255 e. The number of likely N-dealkylation sites (N-methyl/N-ethyl adjacent to an activating group) is 1. The molecule has 1 saturated carbocycles. The molecule has 2 rings (SSSR count). The number of amides is 2. The molecule has 4 nitrogen and oxygen atoms in total. The van der Waals surface area contributed by atoms with E-state index in [4.69, 9.17) is 0 Å². The number of halogens is 1. The van der Waals surface area contributed by atoms with Crippen LogP contribution in [0.4, 0.5) is 0 Å². The minimum Gasteiger partial charge on any atom is -0.352 e. The Kier molecular flexibility index (Phi) is 4.21. The van der Waals surface area contributed by atoms with Gasteiger partial charge in [0.1, 0.15) is 0 Å². The topological polar surface area (TPSA) is 49.4 Å². The molecular formula is C13H15IN2O2. The number of carbonyl (C=O) groups excluding carboxylic acids is 2. The molecule has 0 spiro atoms. The highest BCUT2D eigenvalue weighted by atomic mass is 127. The number of nitrogens with zero attached hydrogens (tertiary/aromatic N) is 1. The second kappa shape index (κ2) is 5.69. The molecule has 1 aliphatic carbocycles. The highest BCUT2D eigenvalue weighted by Crippen LogP contribution is 2.18. The molecule has 0 saturated heterocycles. The van der Waals surface area contributed by atoms with E-state index >= 15 is 0 Å². The van der Waals surface area contributed by atoms with Crippen LogP contribution in [0.5, 0.6) is 0 Å². The van der Waals surface area contributed by atoms with Crippen LogP contribution in [-0.2, 0) is 4.79 Å². The maximum atomic E-state index is 12.1. The molecule has 96 valence electrons. The molecule has 18 heavy (non-hydrogen) atoms. The second-order valence-corrected chi connectivity index (χ2v) is 5.65. The van der Waals surface area contributed by atoms with Crippen molar-refractivity contribution in [2.24, 2.45) is 0 Å². The van der Waals surface area contributed by atoms with E-state index in [1.807, 2.05) is 18.2 Å². The fourth-order valence-corrected chi connectivity index (χ4v) is 2.25. The lowest BCUT2D eigenvalue weighted by Gasteiger charge is -2.17. The largest absolute Gasteiger partial charge is 0.352 e. The quantitative estimate of drug-likeness (QED) is 0.832. The van der Waals surface area contributed by atoms with Crippen molar-refractivity contribution >= 4 is 34.4 Å². The van der Waals surface area contributed by atoms with Crippen LogP contribution in [0, 0.1) is 3.57 Å². The monoisotopic (exact) mass is 358 g/mol. The van der Waals surface area contributed by atoms with Crippen molar-refractivity contribution in [1.82, 2.24) is 10.2 Å². The molecule has 0 unspecified atom stereocenters. The molecule has 0 atom stereocenters. The Bertz CT molecular complexity index is 472. The van der Waals surface area contributed by atoms with Gasteiger partial charge in [-0.25, -0.2) is 0 Å². The third-order valence-corrected chi connectivity index (χ3v) is 3.71. The molecule has 0 aromatic heterocycles. The van der Waals surface area contributed by atoms with Crippen molar-refractivity contribution < 1.29 is 9.59 Å². The van der Waals surface area contributed by atoms with Crippen LogP contribution < -0.4 is 5.32 Å². The fourth-order valence-electron chi connectivity index (χ4n) is 1.63. The SMILES string of the molecule is CN(CC(=O)NC1CC1)C(=O)c1ccccc1I. The van der Waals surface area contributed by atoms with Gasteiger partial charge in [-0.05, 0) is 47.6 Å². The number of hydrogen-bond donors (Lipinski definition) is 1. The van der Waals surface area contributed by atoms with Crippen molar-refractivity contribution in [3.63, 3.8) is 0 Å². The Labute approximate surface area is 120 Å². The summed E-state index contributed by atoms with van der Waals surface area (Å²) in [6.07, 6.45) is 2.11. The van der Waals surface area contributed by atoms with Gasteiger partial charge in [0.15, 0.2) is 0 Å². The Morgan fingerprint density at radius 3 is 2.67 bits per heavy atom. The zero-order chi connectivity index (χ0) is 13.1. The molecule has 5 heteroatoms. The summed E-state index contributed by atoms with van der Waals surface area (Å²) >= 11 is 2.12. The third kappa shape index (κ3) is 3.44. The van der Waals surface area contributed by atoms with Gasteiger partial charge in [-0.3, -0.25) is 9.59 Å². The van der Waals surface area contributed by atoms with Gasteiger partial charge in [-0.1, -0.05) is 12.1 Å². The van der Waals surface area contributed by atoms with E-state index in [1.54, 1.807) is 13.1 Å². The first-order chi connectivity index (χ1) is 8.58. The van der Waals surface area contributed by atoms with Crippen molar-refractivity contribution in [2.75, 3.05) is 13.6 Å². The average Bonchev–Trinajstić information content (AvgIpc) is 3.12. The minimum atomic E-state index is -0.119. The molecule has 1 aliphatic rings. The van der Waals surface area contributed by atoms with E-state index in [9.17, 15) is 9.59 Å². The molecule has 0 aliphatic heterocycles. The number of hydrogen-bond acceptors (Lipinski definition) is 2.